The predicted octanol–water partition coefficient (Wildman–Crippen LogP) is 4.71. The Labute approximate surface area is 202 Å². The van der Waals surface area contributed by atoms with Gasteiger partial charge in [-0.05, 0) is 68.6 Å². The predicted molar refractivity (Wildman–Crippen MR) is 134 cm³/mol. The van der Waals surface area contributed by atoms with Crippen LogP contribution in [-0.2, 0) is 3.07 Å². The molecule has 2 aromatic rings. The van der Waals surface area contributed by atoms with Gasteiger partial charge in [-0.25, -0.2) is 4.79 Å². The van der Waals surface area contributed by atoms with Gasteiger partial charge in [-0.3, -0.25) is 0 Å². The maximum Gasteiger partial charge on any atom is 0.312 e. The lowest BCUT2D eigenvalue weighted by Crippen LogP contribution is -2.45. The molecule has 2 heterocycles. The van der Waals surface area contributed by atoms with Crippen molar-refractivity contribution < 1.29 is 7.86 Å². The Hall–Kier alpha value is -1.49. The lowest BCUT2D eigenvalue weighted by molar-refractivity contribution is 0.132. The van der Waals surface area contributed by atoms with E-state index in [1.54, 1.807) is 0 Å². The van der Waals surface area contributed by atoms with Gasteiger partial charge in [0, 0.05) is 22.9 Å². The van der Waals surface area contributed by atoms with Crippen LogP contribution in [0.3, 0.4) is 0 Å². The number of urea groups is 1. The number of nitrogens with zero attached hydrogens (tertiary/aromatic N) is 2. The van der Waals surface area contributed by atoms with Gasteiger partial charge in [0.1, 0.15) is 29.1 Å². The zero-order chi connectivity index (χ0) is 21.8. The number of rotatable bonds is 7. The van der Waals surface area contributed by atoms with Crippen LogP contribution in [0.2, 0.25) is 0 Å². The summed E-state index contributed by atoms with van der Waals surface area (Å²) >= 11 is 3.89. The third-order valence-corrected chi connectivity index (χ3v) is 7.88. The van der Waals surface area contributed by atoms with Gasteiger partial charge < -0.3 is 23.9 Å². The topological polar surface area (TPSA) is 70.8 Å². The Kier molecular flexibility index (Phi) is 7.63. The molecule has 8 heteroatoms. The van der Waals surface area contributed by atoms with Crippen LogP contribution < -0.4 is 16.0 Å². The number of carbonyl (C=O) groups excluding carboxylic acids is 1. The van der Waals surface area contributed by atoms with Crippen molar-refractivity contribution in [1.29, 1.82) is 0 Å². The maximum absolute atomic E-state index is 11.0. The molecule has 1 saturated heterocycles. The second kappa shape index (κ2) is 10.4. The number of nitrogens with two attached hydrogens (primary N) is 1. The molecule has 1 unspecified atom stereocenters. The van der Waals surface area contributed by atoms with E-state index in [0.29, 0.717) is 12.5 Å². The van der Waals surface area contributed by atoms with E-state index in [-0.39, 0.29) is 6.10 Å². The number of benzene rings is 2. The quantitative estimate of drug-likeness (QED) is 0.487. The summed E-state index contributed by atoms with van der Waals surface area (Å²) in [6, 6.07) is 14.9. The number of fused-ring (bicyclic) bond motifs is 2. The molecule has 0 saturated carbocycles. The summed E-state index contributed by atoms with van der Waals surface area (Å²) in [4.78, 5) is 18.4. The Morgan fingerprint density at radius 3 is 2.68 bits per heavy atom. The highest BCUT2D eigenvalue weighted by molar-refractivity contribution is 14.1. The van der Waals surface area contributed by atoms with Gasteiger partial charge in [0.2, 0.25) is 0 Å². The molecule has 3 N–H and O–H groups in total. The fourth-order valence-corrected chi connectivity index (χ4v) is 5.76. The first-order valence-corrected chi connectivity index (χ1v) is 12.4. The Bertz CT molecular complexity index is 920. The average Bonchev–Trinajstić information content (AvgIpc) is 2.78. The molecule has 2 aromatic carbocycles. The largest absolute Gasteiger partial charge is 0.352 e. The smallest absolute Gasteiger partial charge is 0.312 e. The van der Waals surface area contributed by atoms with Gasteiger partial charge in [-0.2, -0.15) is 0 Å². The van der Waals surface area contributed by atoms with Gasteiger partial charge in [0.15, 0.2) is 0 Å². The number of likely N-dealkylation sites (tertiary alicyclic amines) is 1. The first kappa shape index (κ1) is 22.7. The highest BCUT2D eigenvalue weighted by Crippen LogP contribution is 2.48. The van der Waals surface area contributed by atoms with Crippen molar-refractivity contribution in [2.45, 2.75) is 35.7 Å². The molecule has 31 heavy (non-hydrogen) atoms. The first-order chi connectivity index (χ1) is 15.0. The number of hydrogen-bond donors (Lipinski definition) is 2. The Morgan fingerprint density at radius 1 is 1.19 bits per heavy atom. The fourth-order valence-electron chi connectivity index (χ4n) is 4.36. The number of aryl methyl sites for hydroxylation is 1. The number of hydrogen-bond acceptors (Lipinski definition) is 5. The Morgan fingerprint density at radius 2 is 1.94 bits per heavy atom. The van der Waals surface area contributed by atoms with Crippen LogP contribution in [0.5, 0.6) is 0 Å². The van der Waals surface area contributed by atoms with Crippen molar-refractivity contribution in [3.05, 3.63) is 48.0 Å². The molecule has 2 aliphatic heterocycles. The second-order valence-electron chi connectivity index (χ2n) is 8.35. The van der Waals surface area contributed by atoms with Crippen molar-refractivity contribution in [3.8, 4) is 0 Å². The summed E-state index contributed by atoms with van der Waals surface area (Å²) in [6.07, 6.45) is 2.23. The molecule has 0 aromatic heterocycles. The minimum Gasteiger partial charge on any atom is -0.352 e. The van der Waals surface area contributed by atoms with Gasteiger partial charge in [-0.15, -0.1) is 0 Å². The summed E-state index contributed by atoms with van der Waals surface area (Å²) < 4.78 is 5.93. The summed E-state index contributed by atoms with van der Waals surface area (Å²) in [5, 5.41) is 2.75. The Balaban J connectivity index is 1.43. The molecule has 6 nitrogen and oxygen atoms in total. The van der Waals surface area contributed by atoms with Crippen molar-refractivity contribution in [2.24, 2.45) is 11.7 Å². The molecular formula is C23H29IN4O2S. The van der Waals surface area contributed by atoms with Crippen LogP contribution in [0.4, 0.5) is 16.2 Å². The van der Waals surface area contributed by atoms with E-state index in [0.717, 1.165) is 39.0 Å². The molecule has 1 fully saturated rings. The summed E-state index contributed by atoms with van der Waals surface area (Å²) in [7, 11) is 0. The number of nitrogens with one attached hydrogen (secondary N) is 1. The molecule has 0 bridgehead atoms. The molecule has 2 amide bonds. The SMILES string of the molecule is Cc1ccc2c(c1)N(CC(CN1CCC(CNC(N)=O)CC1)OI)c1ccccc1S2. The number of para-hydroxylation sites is 1. The van der Waals surface area contributed by atoms with Crippen molar-refractivity contribution >= 4 is 52.2 Å². The zero-order valence-electron chi connectivity index (χ0n) is 17.7. The number of primary amides is 1. The molecule has 0 radical (unpaired) electrons. The lowest BCUT2D eigenvalue weighted by atomic mass is 9.96. The van der Waals surface area contributed by atoms with Crippen LogP contribution in [0.15, 0.2) is 52.3 Å². The molecule has 2 aliphatic rings. The average molecular weight is 552 g/mol. The monoisotopic (exact) mass is 552 g/mol. The molecule has 1 atom stereocenters. The third kappa shape index (κ3) is 5.66. The van der Waals surface area contributed by atoms with E-state index < -0.39 is 6.03 Å². The van der Waals surface area contributed by atoms with Crippen LogP contribution >= 0.6 is 34.8 Å². The number of halogens is 1. The molecule has 4 rings (SSSR count). The van der Waals surface area contributed by atoms with Crippen LogP contribution in [0.25, 0.3) is 0 Å². The molecular weight excluding hydrogens is 523 g/mol. The third-order valence-electron chi connectivity index (χ3n) is 6.03. The van der Waals surface area contributed by atoms with E-state index in [2.05, 4.69) is 87.5 Å². The second-order valence-corrected chi connectivity index (χ2v) is 9.94. The highest BCUT2D eigenvalue weighted by atomic mass is 127. The van der Waals surface area contributed by atoms with Crippen LogP contribution in [-0.4, -0.2) is 49.8 Å². The van der Waals surface area contributed by atoms with E-state index in [1.807, 2.05) is 11.8 Å². The van der Waals surface area contributed by atoms with Gasteiger partial charge in [-0.1, -0.05) is 30.0 Å². The van der Waals surface area contributed by atoms with Crippen molar-refractivity contribution in [3.63, 3.8) is 0 Å². The van der Waals surface area contributed by atoms with Crippen molar-refractivity contribution in [1.82, 2.24) is 10.2 Å². The molecule has 166 valence electrons. The van der Waals surface area contributed by atoms with Gasteiger partial charge >= 0.3 is 6.03 Å². The highest BCUT2D eigenvalue weighted by Gasteiger charge is 2.28. The van der Waals surface area contributed by atoms with E-state index in [1.165, 1.54) is 26.7 Å². The molecule has 0 aliphatic carbocycles. The maximum atomic E-state index is 11.0. The van der Waals surface area contributed by atoms with E-state index >= 15 is 0 Å². The zero-order valence-corrected chi connectivity index (χ0v) is 20.7. The van der Waals surface area contributed by atoms with Gasteiger partial charge in [0.25, 0.3) is 0 Å². The minimum absolute atomic E-state index is 0.0883. The standard InChI is InChI=1S/C23H29IN4O2S/c1-16-6-7-22-20(12-16)28(19-4-2-3-5-21(19)31-22)15-18(30-24)14-27-10-8-17(9-11-27)13-26-23(25)29/h2-7,12,17-18H,8-11,13-15H2,1H3,(H3,25,26,29). The first-order valence-electron chi connectivity index (χ1n) is 10.7. The van der Waals surface area contributed by atoms with Crippen LogP contribution in [0, 0.1) is 12.8 Å². The summed E-state index contributed by atoms with van der Waals surface area (Å²) in [5.41, 5.74) is 8.98. The molecule has 0 spiro atoms. The number of amides is 2. The number of piperidine rings is 1. The number of carbonyl (C=O) groups is 1. The lowest BCUT2D eigenvalue weighted by Gasteiger charge is -2.37. The van der Waals surface area contributed by atoms with Crippen molar-refractivity contribution in [2.75, 3.05) is 37.6 Å². The van der Waals surface area contributed by atoms with E-state index in [9.17, 15) is 4.79 Å². The normalized spacial score (nSPS) is 17.7. The van der Waals surface area contributed by atoms with Crippen LogP contribution in [0.1, 0.15) is 18.4 Å². The fraction of sp³-hybridized carbons (Fsp3) is 0.435. The van der Waals surface area contributed by atoms with E-state index in [4.69, 9.17) is 8.80 Å². The van der Waals surface area contributed by atoms with Gasteiger partial charge in [0.05, 0.1) is 17.9 Å². The number of anilines is 2. The summed E-state index contributed by atoms with van der Waals surface area (Å²) in [6.45, 7) is 6.56. The minimum atomic E-state index is -0.434. The summed E-state index contributed by atoms with van der Waals surface area (Å²) in [5.74, 6) is 0.503.